The molecule has 0 aromatic carbocycles. The fourth-order valence-corrected chi connectivity index (χ4v) is 3.95. The SMILES string of the molecule is Cn1cc(CN2CCOC[C@]3(CCN(c4ccccn4)C3)C2)cn1. The highest BCUT2D eigenvalue weighted by Gasteiger charge is 2.41. The van der Waals surface area contributed by atoms with Gasteiger partial charge in [0.2, 0.25) is 0 Å². The first-order valence-corrected chi connectivity index (χ1v) is 8.66. The molecule has 4 heterocycles. The van der Waals surface area contributed by atoms with Crippen molar-refractivity contribution in [1.82, 2.24) is 19.7 Å². The van der Waals surface area contributed by atoms with Crippen LogP contribution in [-0.4, -0.2) is 59.1 Å². The molecule has 6 nitrogen and oxygen atoms in total. The van der Waals surface area contributed by atoms with Crippen LogP contribution in [0.5, 0.6) is 0 Å². The van der Waals surface area contributed by atoms with Crippen molar-refractivity contribution in [3.05, 3.63) is 42.4 Å². The van der Waals surface area contributed by atoms with Crippen molar-refractivity contribution < 1.29 is 4.74 Å². The second kappa shape index (κ2) is 6.53. The van der Waals surface area contributed by atoms with Gasteiger partial charge in [0, 0.05) is 63.1 Å². The van der Waals surface area contributed by atoms with E-state index in [1.807, 2.05) is 30.2 Å². The maximum Gasteiger partial charge on any atom is 0.128 e. The van der Waals surface area contributed by atoms with E-state index in [1.165, 1.54) is 5.56 Å². The fraction of sp³-hybridized carbons (Fsp3) is 0.556. The summed E-state index contributed by atoms with van der Waals surface area (Å²) in [6.07, 6.45) is 7.10. The van der Waals surface area contributed by atoms with Gasteiger partial charge in [-0.15, -0.1) is 0 Å². The first kappa shape index (κ1) is 15.6. The summed E-state index contributed by atoms with van der Waals surface area (Å²) in [5.74, 6) is 1.08. The third-order valence-corrected chi connectivity index (χ3v) is 5.10. The summed E-state index contributed by atoms with van der Waals surface area (Å²) in [4.78, 5) is 9.43. The third-order valence-electron chi connectivity index (χ3n) is 5.10. The molecule has 0 amide bonds. The van der Waals surface area contributed by atoms with Crippen molar-refractivity contribution in [2.24, 2.45) is 12.5 Å². The van der Waals surface area contributed by atoms with Crippen LogP contribution in [0.3, 0.4) is 0 Å². The van der Waals surface area contributed by atoms with Crippen LogP contribution in [0.15, 0.2) is 36.8 Å². The maximum atomic E-state index is 5.98. The second-order valence-electron chi connectivity index (χ2n) is 7.14. The van der Waals surface area contributed by atoms with E-state index in [-0.39, 0.29) is 5.41 Å². The average Bonchev–Trinajstić information content (AvgIpc) is 3.13. The molecule has 24 heavy (non-hydrogen) atoms. The Morgan fingerprint density at radius 2 is 2.21 bits per heavy atom. The van der Waals surface area contributed by atoms with Crippen molar-refractivity contribution >= 4 is 5.82 Å². The zero-order valence-corrected chi connectivity index (χ0v) is 14.3. The van der Waals surface area contributed by atoms with Crippen LogP contribution in [0.2, 0.25) is 0 Å². The summed E-state index contributed by atoms with van der Waals surface area (Å²) in [5.41, 5.74) is 1.48. The second-order valence-corrected chi connectivity index (χ2v) is 7.14. The lowest BCUT2D eigenvalue weighted by Gasteiger charge is -2.31. The van der Waals surface area contributed by atoms with Gasteiger partial charge in [-0.2, -0.15) is 5.10 Å². The molecular weight excluding hydrogens is 302 g/mol. The van der Waals surface area contributed by atoms with Gasteiger partial charge in [0.05, 0.1) is 19.4 Å². The third kappa shape index (κ3) is 3.30. The minimum Gasteiger partial charge on any atom is -0.379 e. The fourth-order valence-electron chi connectivity index (χ4n) is 3.95. The Kier molecular flexibility index (Phi) is 4.24. The number of nitrogens with zero attached hydrogens (tertiary/aromatic N) is 5. The zero-order chi connectivity index (χ0) is 16.4. The van der Waals surface area contributed by atoms with Gasteiger partial charge in [-0.25, -0.2) is 4.98 Å². The molecule has 2 aromatic heterocycles. The van der Waals surface area contributed by atoms with Crippen molar-refractivity contribution in [2.75, 3.05) is 44.3 Å². The number of hydrogen-bond acceptors (Lipinski definition) is 5. The smallest absolute Gasteiger partial charge is 0.128 e. The van der Waals surface area contributed by atoms with E-state index in [0.717, 1.165) is 58.2 Å². The van der Waals surface area contributed by atoms with Crippen LogP contribution in [-0.2, 0) is 18.3 Å². The van der Waals surface area contributed by atoms with Gasteiger partial charge < -0.3 is 9.64 Å². The monoisotopic (exact) mass is 327 g/mol. The molecule has 0 saturated carbocycles. The number of ether oxygens (including phenoxy) is 1. The molecule has 0 unspecified atom stereocenters. The summed E-state index contributed by atoms with van der Waals surface area (Å²) in [5, 5.41) is 4.29. The molecule has 128 valence electrons. The molecule has 0 bridgehead atoms. The highest BCUT2D eigenvalue weighted by molar-refractivity contribution is 5.40. The van der Waals surface area contributed by atoms with Crippen LogP contribution in [0.25, 0.3) is 0 Å². The van der Waals surface area contributed by atoms with Crippen molar-refractivity contribution in [3.8, 4) is 0 Å². The Bertz CT molecular complexity index is 673. The largest absolute Gasteiger partial charge is 0.379 e. The Morgan fingerprint density at radius 1 is 1.25 bits per heavy atom. The Labute approximate surface area is 143 Å². The summed E-state index contributed by atoms with van der Waals surface area (Å²) in [7, 11) is 1.97. The van der Waals surface area contributed by atoms with E-state index in [2.05, 4.69) is 38.2 Å². The first-order chi connectivity index (χ1) is 11.7. The lowest BCUT2D eigenvalue weighted by Crippen LogP contribution is -2.40. The lowest BCUT2D eigenvalue weighted by molar-refractivity contribution is 0.0798. The Hall–Kier alpha value is -1.92. The molecule has 6 heteroatoms. The number of anilines is 1. The standard InChI is InChI=1S/C18H25N5O/c1-21-11-16(10-20-21)12-22-8-9-24-15-18(13-22)5-7-23(14-18)17-4-2-3-6-19-17/h2-4,6,10-11H,5,7-9,12-15H2,1H3/t18-/m1/s1. The topological polar surface area (TPSA) is 46.4 Å². The van der Waals surface area contributed by atoms with Gasteiger partial charge in [0.1, 0.15) is 5.82 Å². The Balaban J connectivity index is 1.46. The minimum absolute atomic E-state index is 0.205. The van der Waals surface area contributed by atoms with E-state index < -0.39 is 0 Å². The van der Waals surface area contributed by atoms with E-state index in [9.17, 15) is 0 Å². The van der Waals surface area contributed by atoms with Gasteiger partial charge in [0.15, 0.2) is 0 Å². The number of aromatic nitrogens is 3. The number of rotatable bonds is 3. The van der Waals surface area contributed by atoms with Crippen molar-refractivity contribution in [1.29, 1.82) is 0 Å². The summed E-state index contributed by atoms with van der Waals surface area (Å²) < 4.78 is 7.85. The van der Waals surface area contributed by atoms with Crippen LogP contribution in [0.4, 0.5) is 5.82 Å². The number of aryl methyl sites for hydroxylation is 1. The van der Waals surface area contributed by atoms with Gasteiger partial charge in [-0.1, -0.05) is 6.07 Å². The highest BCUT2D eigenvalue weighted by atomic mass is 16.5. The molecule has 2 saturated heterocycles. The Morgan fingerprint density at radius 3 is 3.00 bits per heavy atom. The minimum atomic E-state index is 0.205. The van der Waals surface area contributed by atoms with E-state index in [0.29, 0.717) is 0 Å². The van der Waals surface area contributed by atoms with Crippen LogP contribution in [0.1, 0.15) is 12.0 Å². The predicted octanol–water partition coefficient (Wildman–Crippen LogP) is 1.54. The van der Waals surface area contributed by atoms with Gasteiger partial charge in [-0.05, 0) is 18.6 Å². The van der Waals surface area contributed by atoms with Gasteiger partial charge in [-0.3, -0.25) is 9.58 Å². The molecular formula is C18H25N5O. The first-order valence-electron chi connectivity index (χ1n) is 8.66. The van der Waals surface area contributed by atoms with E-state index >= 15 is 0 Å². The predicted molar refractivity (Wildman–Crippen MR) is 92.8 cm³/mol. The normalized spacial score (nSPS) is 25.3. The van der Waals surface area contributed by atoms with Gasteiger partial charge in [0.25, 0.3) is 0 Å². The molecule has 0 aliphatic carbocycles. The molecule has 4 rings (SSSR count). The number of hydrogen-bond donors (Lipinski definition) is 0. The van der Waals surface area contributed by atoms with E-state index in [1.54, 1.807) is 0 Å². The molecule has 2 aliphatic heterocycles. The van der Waals surface area contributed by atoms with Crippen LogP contribution in [0, 0.1) is 5.41 Å². The quantitative estimate of drug-likeness (QED) is 0.856. The zero-order valence-electron chi connectivity index (χ0n) is 14.3. The molecule has 2 aromatic rings. The summed E-state index contributed by atoms with van der Waals surface area (Å²) in [6.45, 7) is 6.74. The molecule has 0 radical (unpaired) electrons. The average molecular weight is 327 g/mol. The molecule has 0 N–H and O–H groups in total. The van der Waals surface area contributed by atoms with Crippen LogP contribution < -0.4 is 4.90 Å². The molecule has 2 aliphatic rings. The number of pyridine rings is 1. The summed E-state index contributed by atoms with van der Waals surface area (Å²) >= 11 is 0. The van der Waals surface area contributed by atoms with E-state index in [4.69, 9.17) is 4.74 Å². The van der Waals surface area contributed by atoms with Gasteiger partial charge >= 0.3 is 0 Å². The molecule has 1 spiro atoms. The maximum absolute atomic E-state index is 5.98. The molecule has 2 fully saturated rings. The van der Waals surface area contributed by atoms with Crippen molar-refractivity contribution in [3.63, 3.8) is 0 Å². The summed E-state index contributed by atoms with van der Waals surface area (Å²) in [6, 6.07) is 6.13. The van der Waals surface area contributed by atoms with Crippen LogP contribution >= 0.6 is 0 Å². The highest BCUT2D eigenvalue weighted by Crippen LogP contribution is 2.35. The van der Waals surface area contributed by atoms with Crippen molar-refractivity contribution in [2.45, 2.75) is 13.0 Å². The lowest BCUT2D eigenvalue weighted by atomic mass is 9.87. The molecule has 1 atom stereocenters.